The second-order valence-corrected chi connectivity index (χ2v) is 16.0. The van der Waals surface area contributed by atoms with Crippen molar-refractivity contribution in [1.29, 1.82) is 0 Å². The van der Waals surface area contributed by atoms with E-state index in [1.54, 1.807) is 22.8 Å². The van der Waals surface area contributed by atoms with Crippen LogP contribution in [-0.2, 0) is 11.3 Å². The number of fused-ring (bicyclic) bond motifs is 1. The van der Waals surface area contributed by atoms with Gasteiger partial charge in [0.05, 0.1) is 0 Å². The third-order valence-corrected chi connectivity index (χ3v) is 10.7. The lowest BCUT2D eigenvalue weighted by molar-refractivity contribution is -0.659. The summed E-state index contributed by atoms with van der Waals surface area (Å²) in [5, 5.41) is 0.959. The molecule has 71 heavy (non-hydrogen) atoms. The first-order valence-corrected chi connectivity index (χ1v) is 19.5. The third-order valence-electron chi connectivity index (χ3n) is 10.7. The quantitative estimate of drug-likeness (QED) is 0.0290. The minimum Gasteiger partial charge on any atom is -0.452 e. The number of Topliss-reactive ketones (excluding diaryl/α,β-unsaturated/α-hetero) is 1. The summed E-state index contributed by atoms with van der Waals surface area (Å²) in [7, 11) is 0. The lowest BCUT2D eigenvalue weighted by atomic mass is 9.12. The van der Waals surface area contributed by atoms with Crippen LogP contribution in [-0.4, -0.2) is 23.5 Å². The molecule has 372 valence electrons. The number of carbonyl (C=O) groups is 2. The van der Waals surface area contributed by atoms with Gasteiger partial charge in [-0.2, -0.15) is 4.57 Å². The number of pyridine rings is 1. The van der Waals surface area contributed by atoms with Crippen molar-refractivity contribution < 1.29 is 107 Å². The molecule has 6 aromatic carbocycles. The van der Waals surface area contributed by atoms with E-state index in [1.807, 2.05) is 69.3 Å². The number of carbonyl (C=O) groups excluding carboxylic acids is 2. The van der Waals surface area contributed by atoms with Crippen molar-refractivity contribution >= 4 is 50.7 Å². The number of hydrogen-bond acceptors (Lipinski definition) is 3. The summed E-state index contributed by atoms with van der Waals surface area (Å²) in [6.45, 7) is 5.54. The average Bonchev–Trinajstić information content (AvgIpc) is 3.33. The van der Waals surface area contributed by atoms with Crippen LogP contribution >= 0.6 is 0 Å². The van der Waals surface area contributed by atoms with Crippen LogP contribution in [0.15, 0.2) is 66.7 Å². The highest BCUT2D eigenvalue weighted by molar-refractivity contribution is 7.20. The van der Waals surface area contributed by atoms with Gasteiger partial charge in [-0.25, -0.2) is 92.6 Å². The van der Waals surface area contributed by atoms with Gasteiger partial charge in [0.2, 0.25) is 17.8 Å². The summed E-state index contributed by atoms with van der Waals surface area (Å²) < 4.78 is 301. The third kappa shape index (κ3) is 8.78. The van der Waals surface area contributed by atoms with Crippen LogP contribution in [0.2, 0.25) is 0 Å². The SMILES string of the molecule is CC(C)(C)OC(=O)c1ccc2ccccc2[n+]1CC(=O)c1ccccc1.Fc1c(F)c(F)c([B-](c2c(F)c(F)c(F)c(F)c2F)(c2c(F)c(F)c(F)c(F)c2F)c2c(F)c(F)c(F)c(F)c2F)c(F)c1F. The highest BCUT2D eigenvalue weighted by Gasteiger charge is 2.52. The first kappa shape index (κ1) is 52.9. The Morgan fingerprint density at radius 1 is 0.408 bits per heavy atom. The summed E-state index contributed by atoms with van der Waals surface area (Å²) in [6, 6.07) is 20.4. The van der Waals surface area contributed by atoms with Gasteiger partial charge in [0.25, 0.3) is 5.69 Å². The number of hydrogen-bond donors (Lipinski definition) is 0. The maximum Gasteiger partial charge on any atom is 0.404 e. The van der Waals surface area contributed by atoms with Crippen molar-refractivity contribution in [3.8, 4) is 0 Å². The number of esters is 1. The van der Waals surface area contributed by atoms with Crippen LogP contribution in [0.3, 0.4) is 0 Å². The van der Waals surface area contributed by atoms with Gasteiger partial charge in [0.15, 0.2) is 69.8 Å². The largest absolute Gasteiger partial charge is 0.452 e. The van der Waals surface area contributed by atoms with E-state index in [0.717, 1.165) is 10.9 Å². The lowest BCUT2D eigenvalue weighted by Gasteiger charge is -2.44. The Morgan fingerprint density at radius 3 is 1.03 bits per heavy atom. The molecule has 0 amide bonds. The van der Waals surface area contributed by atoms with Gasteiger partial charge in [0.1, 0.15) is 58.3 Å². The van der Waals surface area contributed by atoms with Crippen molar-refractivity contribution in [3.05, 3.63) is 194 Å². The molecule has 0 N–H and O–H groups in total. The van der Waals surface area contributed by atoms with Crippen LogP contribution < -0.4 is 26.4 Å². The average molecular weight is 1030 g/mol. The fourth-order valence-electron chi connectivity index (χ4n) is 7.67. The van der Waals surface area contributed by atoms with Crippen LogP contribution in [0.5, 0.6) is 0 Å². The minimum atomic E-state index is -7.22. The summed E-state index contributed by atoms with van der Waals surface area (Å²) in [5.41, 5.74) is -13.1. The van der Waals surface area contributed by atoms with E-state index in [1.165, 1.54) is 0 Å². The van der Waals surface area contributed by atoms with Crippen molar-refractivity contribution in [2.75, 3.05) is 0 Å². The maximum atomic E-state index is 15.4. The molecule has 4 nitrogen and oxygen atoms in total. The fourth-order valence-corrected chi connectivity index (χ4v) is 7.67. The number of benzene rings is 6. The summed E-state index contributed by atoms with van der Waals surface area (Å²) in [6.07, 6.45) is -7.22. The molecule has 0 saturated carbocycles. The van der Waals surface area contributed by atoms with Crippen LogP contribution in [0.1, 0.15) is 41.6 Å². The Kier molecular flexibility index (Phi) is 14.4. The zero-order chi connectivity index (χ0) is 53.1. The first-order valence-electron chi connectivity index (χ1n) is 19.5. The van der Waals surface area contributed by atoms with Crippen LogP contribution in [0.4, 0.5) is 87.8 Å². The molecule has 0 aliphatic carbocycles. The Morgan fingerprint density at radius 2 is 0.704 bits per heavy atom. The second kappa shape index (κ2) is 19.4. The molecule has 0 bridgehead atoms. The number of ether oxygens (including phenoxy) is 1. The van der Waals surface area contributed by atoms with Gasteiger partial charge >= 0.3 is 5.97 Å². The molecule has 0 aliphatic rings. The lowest BCUT2D eigenvalue weighted by Crippen LogP contribution is -2.81. The van der Waals surface area contributed by atoms with E-state index in [0.29, 0.717) is 11.3 Å². The molecule has 0 unspecified atom stereocenters. The molecule has 0 atom stereocenters. The molecule has 0 spiro atoms. The van der Waals surface area contributed by atoms with Crippen molar-refractivity contribution in [3.63, 3.8) is 0 Å². The molecule has 1 heterocycles. The standard InChI is InChI=1S/C24BF20.C22H22NO3/c26-5-1(6(27)14(35)21(42)13(5)34)25(2-7(28)15(36)22(43)16(37)8(2)29,3-9(30)17(38)23(44)18(39)10(3)31)4-11(32)19(40)24(45)20(41)12(4)33;1-22(2,3)26-21(25)19-14-13-16-9-7-8-12-18(16)23(19)15-20(24)17-10-5-4-6-11-17/h;4-14H,15H2,1-3H3/q-1;+1. The first-order chi connectivity index (χ1) is 33.1. The maximum absolute atomic E-state index is 15.4. The van der Waals surface area contributed by atoms with E-state index in [2.05, 4.69) is 0 Å². The van der Waals surface area contributed by atoms with Crippen molar-refractivity contribution in [1.82, 2.24) is 0 Å². The Balaban J connectivity index is 0.000000268. The normalized spacial score (nSPS) is 11.8. The molecule has 0 aliphatic heterocycles. The topological polar surface area (TPSA) is 47.2 Å². The van der Waals surface area contributed by atoms with Gasteiger partial charge in [-0.3, -0.25) is 4.79 Å². The Bertz CT molecular complexity index is 2960. The van der Waals surface area contributed by atoms with E-state index in [9.17, 15) is 62.3 Å². The van der Waals surface area contributed by atoms with Crippen LogP contribution in [0.25, 0.3) is 10.9 Å². The zero-order valence-corrected chi connectivity index (χ0v) is 35.4. The van der Waals surface area contributed by atoms with Gasteiger partial charge in [0, 0.05) is 23.1 Å². The molecule has 7 rings (SSSR count). The number of halogens is 20. The Hall–Kier alpha value is -7.47. The minimum absolute atomic E-state index is 0.0586. The molecule has 0 saturated heterocycles. The smallest absolute Gasteiger partial charge is 0.404 e. The molecular formula is C46H22BF20NO3. The van der Waals surface area contributed by atoms with Gasteiger partial charge in [-0.15, -0.1) is 21.9 Å². The summed E-state index contributed by atoms with van der Waals surface area (Å²) in [5.74, 6) is -71.9. The van der Waals surface area contributed by atoms with Crippen molar-refractivity contribution in [2.45, 2.75) is 32.9 Å². The molecular weight excluding hydrogens is 1010 g/mol. The number of ketones is 1. The van der Waals surface area contributed by atoms with E-state index < -0.39 is 156 Å². The van der Waals surface area contributed by atoms with Crippen molar-refractivity contribution in [2.24, 2.45) is 0 Å². The summed E-state index contributed by atoms with van der Waals surface area (Å²) >= 11 is 0. The monoisotopic (exact) mass is 1030 g/mol. The molecule has 25 heteroatoms. The van der Waals surface area contributed by atoms with Gasteiger partial charge < -0.3 is 4.74 Å². The molecule has 0 fully saturated rings. The highest BCUT2D eigenvalue weighted by atomic mass is 19.2. The number of para-hydroxylation sites is 1. The van der Waals surface area contributed by atoms with Gasteiger partial charge in [-0.1, -0.05) is 42.5 Å². The molecule has 1 aromatic heterocycles. The molecule has 0 radical (unpaired) electrons. The zero-order valence-electron chi connectivity index (χ0n) is 35.4. The predicted molar refractivity (Wildman–Crippen MR) is 209 cm³/mol. The number of aromatic nitrogens is 1. The number of nitrogens with zero attached hydrogens (tertiary/aromatic N) is 1. The van der Waals surface area contributed by atoms with E-state index in [-0.39, 0.29) is 12.3 Å². The van der Waals surface area contributed by atoms with E-state index in [4.69, 9.17) is 4.74 Å². The Labute approximate surface area is 384 Å². The predicted octanol–water partition coefficient (Wildman–Crippen LogP) is 9.81. The summed E-state index contributed by atoms with van der Waals surface area (Å²) in [4.78, 5) is 25.4. The highest BCUT2D eigenvalue weighted by Crippen LogP contribution is 2.31. The molecule has 7 aromatic rings. The van der Waals surface area contributed by atoms with Crippen LogP contribution in [0, 0.1) is 116 Å². The van der Waals surface area contributed by atoms with Gasteiger partial charge in [-0.05, 0) is 32.9 Å². The van der Waals surface area contributed by atoms with E-state index >= 15 is 35.1 Å². The second-order valence-electron chi connectivity index (χ2n) is 16.0. The fraction of sp³-hybridized carbons (Fsp3) is 0.109. The number of rotatable bonds is 8.